The van der Waals surface area contributed by atoms with E-state index < -0.39 is 0 Å². The summed E-state index contributed by atoms with van der Waals surface area (Å²) in [5.41, 5.74) is 3.19. The molecule has 0 amide bonds. The topological polar surface area (TPSA) is 21.6 Å². The number of oxime groups is 1. The molecule has 2 nitrogen and oxygen atoms in total. The maximum Gasteiger partial charge on any atom is 0.157 e. The first-order valence-corrected chi connectivity index (χ1v) is 5.59. The van der Waals surface area contributed by atoms with E-state index >= 15 is 0 Å². The van der Waals surface area contributed by atoms with Gasteiger partial charge in [0.25, 0.3) is 0 Å². The van der Waals surface area contributed by atoms with E-state index in [0.29, 0.717) is 0 Å². The third-order valence-corrected chi connectivity index (χ3v) is 2.50. The molecule has 2 heteroatoms. The van der Waals surface area contributed by atoms with Crippen LogP contribution in [0.1, 0.15) is 18.1 Å². The first kappa shape index (κ1) is 11.4. The van der Waals surface area contributed by atoms with Crippen LogP contribution in [0.4, 0.5) is 0 Å². The van der Waals surface area contributed by atoms with Gasteiger partial charge in [0.05, 0.1) is 5.71 Å². The van der Waals surface area contributed by atoms with Gasteiger partial charge in [0.15, 0.2) is 5.75 Å². The van der Waals surface area contributed by atoms with Gasteiger partial charge in [-0.05, 0) is 31.5 Å². The van der Waals surface area contributed by atoms with Gasteiger partial charge in [0.1, 0.15) is 0 Å². The molecule has 0 heterocycles. The number of para-hydroxylation sites is 1. The third kappa shape index (κ3) is 3.18. The van der Waals surface area contributed by atoms with Gasteiger partial charge in [-0.25, -0.2) is 0 Å². The van der Waals surface area contributed by atoms with E-state index in [1.165, 1.54) is 5.56 Å². The van der Waals surface area contributed by atoms with Crippen molar-refractivity contribution in [2.75, 3.05) is 0 Å². The van der Waals surface area contributed by atoms with Crippen LogP contribution in [0.3, 0.4) is 0 Å². The Morgan fingerprint density at radius 2 is 1.59 bits per heavy atom. The lowest BCUT2D eigenvalue weighted by molar-refractivity contribution is 0.341. The second-order valence-corrected chi connectivity index (χ2v) is 3.95. The van der Waals surface area contributed by atoms with E-state index in [0.717, 1.165) is 17.0 Å². The van der Waals surface area contributed by atoms with Gasteiger partial charge in [-0.2, -0.15) is 0 Å². The van der Waals surface area contributed by atoms with Gasteiger partial charge in [-0.3, -0.25) is 0 Å². The number of rotatable bonds is 3. The molecule has 2 aromatic carbocycles. The van der Waals surface area contributed by atoms with Crippen molar-refractivity contribution in [3.8, 4) is 5.75 Å². The summed E-state index contributed by atoms with van der Waals surface area (Å²) in [6.45, 7) is 4.00. The third-order valence-electron chi connectivity index (χ3n) is 2.50. The summed E-state index contributed by atoms with van der Waals surface area (Å²) in [4.78, 5) is 5.34. The van der Waals surface area contributed by atoms with Gasteiger partial charge >= 0.3 is 0 Å². The summed E-state index contributed by atoms with van der Waals surface area (Å²) in [5, 5.41) is 4.11. The van der Waals surface area contributed by atoms with Gasteiger partial charge in [-0.1, -0.05) is 53.2 Å². The first-order valence-electron chi connectivity index (χ1n) is 5.59. The summed E-state index contributed by atoms with van der Waals surface area (Å²) < 4.78 is 0. The number of hydrogen-bond acceptors (Lipinski definition) is 2. The monoisotopic (exact) mass is 225 g/mol. The molecule has 0 unspecified atom stereocenters. The second-order valence-electron chi connectivity index (χ2n) is 3.95. The zero-order valence-electron chi connectivity index (χ0n) is 10.1. The molecule has 0 saturated heterocycles. The zero-order valence-corrected chi connectivity index (χ0v) is 10.1. The summed E-state index contributed by atoms with van der Waals surface area (Å²) in [5.74, 6) is 0.749. The van der Waals surface area contributed by atoms with Crippen molar-refractivity contribution >= 4 is 5.71 Å². The van der Waals surface area contributed by atoms with Crippen LogP contribution >= 0.6 is 0 Å². The Morgan fingerprint density at radius 1 is 0.941 bits per heavy atom. The number of benzene rings is 2. The quantitative estimate of drug-likeness (QED) is 0.575. The highest BCUT2D eigenvalue weighted by atomic mass is 16.6. The molecule has 2 aromatic rings. The standard InChI is InChI=1S/C15H15NO/c1-12-8-10-14(11-9-12)13(2)16-17-15-6-4-3-5-7-15/h3-11H,1-2H3/b16-13+. The van der Waals surface area contributed by atoms with E-state index in [9.17, 15) is 0 Å². The zero-order chi connectivity index (χ0) is 12.1. The molecule has 0 aliphatic rings. The van der Waals surface area contributed by atoms with Crippen LogP contribution in [0, 0.1) is 6.92 Å². The molecule has 17 heavy (non-hydrogen) atoms. The van der Waals surface area contributed by atoms with E-state index in [-0.39, 0.29) is 0 Å². The Labute approximate surface area is 102 Å². The van der Waals surface area contributed by atoms with Crippen molar-refractivity contribution in [1.29, 1.82) is 0 Å². The fourth-order valence-corrected chi connectivity index (χ4v) is 1.45. The van der Waals surface area contributed by atoms with E-state index in [4.69, 9.17) is 4.84 Å². The fourth-order valence-electron chi connectivity index (χ4n) is 1.45. The molecule has 0 aromatic heterocycles. The molecule has 0 atom stereocenters. The Kier molecular flexibility index (Phi) is 3.55. The average Bonchev–Trinajstić information content (AvgIpc) is 2.38. The van der Waals surface area contributed by atoms with Crippen molar-refractivity contribution in [3.05, 3.63) is 65.7 Å². The summed E-state index contributed by atoms with van der Waals surface area (Å²) >= 11 is 0. The largest absolute Gasteiger partial charge is 0.357 e. The normalized spacial score (nSPS) is 11.3. The van der Waals surface area contributed by atoms with E-state index in [2.05, 4.69) is 24.2 Å². The van der Waals surface area contributed by atoms with Gasteiger partial charge in [0.2, 0.25) is 0 Å². The van der Waals surface area contributed by atoms with Gasteiger partial charge in [0, 0.05) is 0 Å². The van der Waals surface area contributed by atoms with Crippen LogP contribution in [-0.4, -0.2) is 5.71 Å². The SMILES string of the molecule is C/C(=N\Oc1ccccc1)c1ccc(C)cc1. The second kappa shape index (κ2) is 5.30. The van der Waals surface area contributed by atoms with E-state index in [1.54, 1.807) is 0 Å². The molecule has 0 aliphatic carbocycles. The minimum atomic E-state index is 0.749. The lowest BCUT2D eigenvalue weighted by atomic mass is 10.1. The lowest BCUT2D eigenvalue weighted by Gasteiger charge is -2.02. The van der Waals surface area contributed by atoms with Crippen LogP contribution in [0.2, 0.25) is 0 Å². The van der Waals surface area contributed by atoms with Crippen LogP contribution in [0.15, 0.2) is 59.8 Å². The molecule has 0 saturated carbocycles. The first-order chi connectivity index (χ1) is 8.25. The maximum atomic E-state index is 5.34. The van der Waals surface area contributed by atoms with Gasteiger partial charge < -0.3 is 4.84 Å². The minimum absolute atomic E-state index is 0.749. The van der Waals surface area contributed by atoms with Gasteiger partial charge in [-0.15, -0.1) is 0 Å². The van der Waals surface area contributed by atoms with Crippen molar-refractivity contribution < 1.29 is 4.84 Å². The van der Waals surface area contributed by atoms with Crippen molar-refractivity contribution in [3.63, 3.8) is 0 Å². The Morgan fingerprint density at radius 3 is 2.24 bits per heavy atom. The molecule has 0 radical (unpaired) electrons. The molecule has 86 valence electrons. The summed E-state index contributed by atoms with van der Waals surface area (Å²) in [6, 6.07) is 17.8. The number of hydrogen-bond donors (Lipinski definition) is 0. The predicted molar refractivity (Wildman–Crippen MR) is 70.5 cm³/mol. The number of aryl methyl sites for hydroxylation is 1. The predicted octanol–water partition coefficient (Wildman–Crippen LogP) is 3.80. The molecule has 0 N–H and O–H groups in total. The highest BCUT2D eigenvalue weighted by molar-refractivity contribution is 5.98. The molecule has 0 fully saturated rings. The molecule has 0 spiro atoms. The molecule has 0 bridgehead atoms. The molecule has 0 aliphatic heterocycles. The Bertz CT molecular complexity index is 500. The van der Waals surface area contributed by atoms with Crippen LogP contribution < -0.4 is 4.84 Å². The maximum absolute atomic E-state index is 5.34. The molecular formula is C15H15NO. The summed E-state index contributed by atoms with van der Waals surface area (Å²) in [6.07, 6.45) is 0. The Hall–Kier alpha value is -2.09. The number of nitrogens with zero attached hydrogens (tertiary/aromatic N) is 1. The van der Waals surface area contributed by atoms with Crippen LogP contribution in [0.25, 0.3) is 0 Å². The van der Waals surface area contributed by atoms with Crippen molar-refractivity contribution in [2.45, 2.75) is 13.8 Å². The lowest BCUT2D eigenvalue weighted by Crippen LogP contribution is -1.97. The van der Waals surface area contributed by atoms with E-state index in [1.807, 2.05) is 49.4 Å². The highest BCUT2D eigenvalue weighted by Gasteiger charge is 1.97. The highest BCUT2D eigenvalue weighted by Crippen LogP contribution is 2.10. The fraction of sp³-hybridized carbons (Fsp3) is 0.133. The average molecular weight is 225 g/mol. The Balaban J connectivity index is 2.10. The van der Waals surface area contributed by atoms with Crippen LogP contribution in [0.5, 0.6) is 5.75 Å². The van der Waals surface area contributed by atoms with Crippen molar-refractivity contribution in [1.82, 2.24) is 0 Å². The smallest absolute Gasteiger partial charge is 0.157 e. The summed E-state index contributed by atoms with van der Waals surface area (Å²) in [7, 11) is 0. The molecular weight excluding hydrogens is 210 g/mol. The van der Waals surface area contributed by atoms with Crippen LogP contribution in [-0.2, 0) is 0 Å². The molecule has 2 rings (SSSR count). The van der Waals surface area contributed by atoms with Crippen molar-refractivity contribution in [2.24, 2.45) is 5.16 Å². The minimum Gasteiger partial charge on any atom is -0.357 e.